The van der Waals surface area contributed by atoms with Crippen molar-refractivity contribution in [2.24, 2.45) is 5.92 Å². The fourth-order valence-corrected chi connectivity index (χ4v) is 3.07. The van der Waals surface area contributed by atoms with Gasteiger partial charge in [-0.2, -0.15) is 4.98 Å². The van der Waals surface area contributed by atoms with E-state index >= 15 is 0 Å². The minimum absolute atomic E-state index is 0.338. The number of nitrogens with zero attached hydrogens (tertiary/aromatic N) is 2. The van der Waals surface area contributed by atoms with E-state index in [-0.39, 0.29) is 5.60 Å². The van der Waals surface area contributed by atoms with Crippen molar-refractivity contribution in [1.29, 1.82) is 0 Å². The molecule has 19 heavy (non-hydrogen) atoms. The van der Waals surface area contributed by atoms with Gasteiger partial charge in [0.1, 0.15) is 5.60 Å². The Bertz CT molecular complexity index is 393. The Kier molecular flexibility index (Phi) is 5.22. The minimum atomic E-state index is -0.338. The number of hydrogen-bond acceptors (Lipinski definition) is 4. The van der Waals surface area contributed by atoms with E-state index in [1.807, 2.05) is 6.92 Å². The van der Waals surface area contributed by atoms with Gasteiger partial charge in [-0.25, -0.2) is 0 Å². The molecule has 2 atom stereocenters. The van der Waals surface area contributed by atoms with Gasteiger partial charge in [0.25, 0.3) is 0 Å². The van der Waals surface area contributed by atoms with Gasteiger partial charge in [0.2, 0.25) is 11.7 Å². The van der Waals surface area contributed by atoms with E-state index in [0.29, 0.717) is 24.3 Å². The predicted molar refractivity (Wildman–Crippen MR) is 74.3 cm³/mol. The molecule has 4 nitrogen and oxygen atoms in total. The summed E-state index contributed by atoms with van der Waals surface area (Å²) in [5.74, 6) is 2.66. The zero-order chi connectivity index (χ0) is 13.7. The van der Waals surface area contributed by atoms with Crippen LogP contribution in [-0.4, -0.2) is 22.6 Å². The first-order valence-electron chi connectivity index (χ1n) is 7.23. The molecule has 0 spiro atoms. The van der Waals surface area contributed by atoms with E-state index in [9.17, 15) is 0 Å². The van der Waals surface area contributed by atoms with Crippen molar-refractivity contribution >= 4 is 11.6 Å². The lowest BCUT2D eigenvalue weighted by Gasteiger charge is -2.37. The summed E-state index contributed by atoms with van der Waals surface area (Å²) < 4.78 is 11.4. The second kappa shape index (κ2) is 6.71. The molecular weight excluding hydrogens is 264 g/mol. The highest BCUT2D eigenvalue weighted by Crippen LogP contribution is 2.41. The van der Waals surface area contributed by atoms with Crippen molar-refractivity contribution in [3.63, 3.8) is 0 Å². The quantitative estimate of drug-likeness (QED) is 0.749. The molecule has 1 aliphatic carbocycles. The number of halogens is 1. The Morgan fingerprint density at radius 3 is 3.05 bits per heavy atom. The molecule has 1 aromatic heterocycles. The molecular formula is C14H23ClN2O2. The highest BCUT2D eigenvalue weighted by Gasteiger charge is 2.41. The van der Waals surface area contributed by atoms with Crippen LogP contribution in [0.25, 0.3) is 0 Å². The number of rotatable bonds is 6. The maximum atomic E-state index is 6.03. The molecule has 1 fully saturated rings. The van der Waals surface area contributed by atoms with Gasteiger partial charge in [-0.1, -0.05) is 18.5 Å². The van der Waals surface area contributed by atoms with Crippen molar-refractivity contribution in [3.05, 3.63) is 11.7 Å². The van der Waals surface area contributed by atoms with Crippen LogP contribution in [0.1, 0.15) is 57.7 Å². The Morgan fingerprint density at radius 1 is 1.53 bits per heavy atom. The first-order valence-corrected chi connectivity index (χ1v) is 7.76. The highest BCUT2D eigenvalue weighted by atomic mass is 35.5. The van der Waals surface area contributed by atoms with Crippen molar-refractivity contribution < 1.29 is 9.26 Å². The third-order valence-corrected chi connectivity index (χ3v) is 4.04. The number of aromatic nitrogens is 2. The van der Waals surface area contributed by atoms with Crippen molar-refractivity contribution in [3.8, 4) is 0 Å². The molecule has 0 amide bonds. The van der Waals surface area contributed by atoms with Gasteiger partial charge in [-0.15, -0.1) is 11.6 Å². The van der Waals surface area contributed by atoms with Gasteiger partial charge in [-0.3, -0.25) is 0 Å². The third-order valence-electron chi connectivity index (χ3n) is 3.78. The predicted octanol–water partition coefficient (Wildman–Crippen LogP) is 3.68. The average Bonchev–Trinajstić information content (AvgIpc) is 2.86. The average molecular weight is 287 g/mol. The zero-order valence-corrected chi connectivity index (χ0v) is 12.6. The van der Waals surface area contributed by atoms with E-state index < -0.39 is 0 Å². The minimum Gasteiger partial charge on any atom is -0.367 e. The fraction of sp³-hybridized carbons (Fsp3) is 0.857. The van der Waals surface area contributed by atoms with Gasteiger partial charge in [0, 0.05) is 18.9 Å². The standard InChI is InChI=1S/C14H23ClN2O2/c1-3-18-14(8-4-6-11(2)10-14)13-16-12(19-17-13)7-5-9-15/h11H,3-10H2,1-2H3. The largest absolute Gasteiger partial charge is 0.367 e. The molecule has 0 bridgehead atoms. The lowest BCUT2D eigenvalue weighted by Crippen LogP contribution is -2.36. The molecule has 1 saturated carbocycles. The van der Waals surface area contributed by atoms with Gasteiger partial charge < -0.3 is 9.26 Å². The molecule has 1 aliphatic rings. The van der Waals surface area contributed by atoms with Gasteiger partial charge in [-0.05, 0) is 38.5 Å². The van der Waals surface area contributed by atoms with Crippen molar-refractivity contribution in [2.75, 3.05) is 12.5 Å². The molecule has 1 aromatic rings. The molecule has 2 unspecified atom stereocenters. The van der Waals surface area contributed by atoms with Crippen LogP contribution in [0.15, 0.2) is 4.52 Å². The first-order chi connectivity index (χ1) is 9.20. The summed E-state index contributed by atoms with van der Waals surface area (Å²) in [5.41, 5.74) is -0.338. The van der Waals surface area contributed by atoms with E-state index in [2.05, 4.69) is 17.1 Å². The third kappa shape index (κ3) is 3.48. The fourth-order valence-electron chi connectivity index (χ4n) is 2.94. The summed E-state index contributed by atoms with van der Waals surface area (Å²) in [6.07, 6.45) is 5.99. The summed E-state index contributed by atoms with van der Waals surface area (Å²) >= 11 is 5.69. The Morgan fingerprint density at radius 2 is 2.37 bits per heavy atom. The summed E-state index contributed by atoms with van der Waals surface area (Å²) in [6.45, 7) is 4.97. The van der Waals surface area contributed by atoms with Crippen LogP contribution in [0, 0.1) is 5.92 Å². The van der Waals surface area contributed by atoms with Crippen LogP contribution < -0.4 is 0 Å². The Hall–Kier alpha value is -0.610. The van der Waals surface area contributed by atoms with Gasteiger partial charge >= 0.3 is 0 Å². The van der Waals surface area contributed by atoms with Gasteiger partial charge in [0.05, 0.1) is 0 Å². The van der Waals surface area contributed by atoms with Gasteiger partial charge in [0.15, 0.2) is 0 Å². The first kappa shape index (κ1) is 14.8. The lowest BCUT2D eigenvalue weighted by atomic mass is 9.78. The van der Waals surface area contributed by atoms with Crippen LogP contribution >= 0.6 is 11.6 Å². The SMILES string of the molecule is CCOC1(c2noc(CCCCl)n2)CCCC(C)C1. The van der Waals surface area contributed by atoms with E-state index in [1.165, 1.54) is 6.42 Å². The molecule has 1 heterocycles. The van der Waals surface area contributed by atoms with E-state index in [4.69, 9.17) is 20.9 Å². The molecule has 0 saturated heterocycles. The van der Waals surface area contributed by atoms with E-state index in [1.54, 1.807) is 0 Å². The number of hydrogen-bond donors (Lipinski definition) is 0. The van der Waals surface area contributed by atoms with Crippen LogP contribution in [0.5, 0.6) is 0 Å². The maximum Gasteiger partial charge on any atom is 0.226 e. The van der Waals surface area contributed by atoms with Crippen LogP contribution in [-0.2, 0) is 16.8 Å². The molecule has 108 valence electrons. The summed E-state index contributed by atoms with van der Waals surface area (Å²) in [6, 6.07) is 0. The summed E-state index contributed by atoms with van der Waals surface area (Å²) in [5, 5.41) is 4.16. The van der Waals surface area contributed by atoms with Crippen molar-refractivity contribution in [1.82, 2.24) is 10.1 Å². The number of alkyl halides is 1. The second-order valence-corrected chi connectivity index (χ2v) is 5.81. The maximum absolute atomic E-state index is 6.03. The van der Waals surface area contributed by atoms with Crippen molar-refractivity contribution in [2.45, 2.75) is 58.0 Å². The second-order valence-electron chi connectivity index (χ2n) is 5.43. The smallest absolute Gasteiger partial charge is 0.226 e. The van der Waals surface area contributed by atoms with Crippen LogP contribution in [0.4, 0.5) is 0 Å². The molecule has 5 heteroatoms. The molecule has 0 aromatic carbocycles. The molecule has 2 rings (SSSR count). The van der Waals surface area contributed by atoms with Crippen LogP contribution in [0.2, 0.25) is 0 Å². The summed E-state index contributed by atoms with van der Waals surface area (Å²) in [4.78, 5) is 4.54. The highest BCUT2D eigenvalue weighted by molar-refractivity contribution is 6.17. The molecule has 0 aliphatic heterocycles. The summed E-state index contributed by atoms with van der Waals surface area (Å²) in [7, 11) is 0. The zero-order valence-electron chi connectivity index (χ0n) is 11.8. The Balaban J connectivity index is 2.15. The van der Waals surface area contributed by atoms with E-state index in [0.717, 1.165) is 37.9 Å². The lowest BCUT2D eigenvalue weighted by molar-refractivity contribution is -0.0891. The molecule has 0 radical (unpaired) electrons. The van der Waals surface area contributed by atoms with Crippen LogP contribution in [0.3, 0.4) is 0 Å². The molecule has 0 N–H and O–H groups in total. The normalized spacial score (nSPS) is 27.6. The Labute approximate surface area is 119 Å². The number of aryl methyl sites for hydroxylation is 1. The monoisotopic (exact) mass is 286 g/mol. The topological polar surface area (TPSA) is 48.2 Å². The number of ether oxygens (including phenoxy) is 1.